The maximum Gasteiger partial charge on any atom is 0.320 e. The van der Waals surface area contributed by atoms with E-state index in [1.807, 2.05) is 18.2 Å². The van der Waals surface area contributed by atoms with E-state index in [0.29, 0.717) is 30.8 Å². The maximum absolute atomic E-state index is 11.9. The average Bonchev–Trinajstić information content (AvgIpc) is 2.79. The van der Waals surface area contributed by atoms with Gasteiger partial charge in [-0.2, -0.15) is 0 Å². The van der Waals surface area contributed by atoms with E-state index in [2.05, 4.69) is 5.32 Å². The van der Waals surface area contributed by atoms with Crippen LogP contribution in [0.3, 0.4) is 0 Å². The molecule has 0 bridgehead atoms. The van der Waals surface area contributed by atoms with Gasteiger partial charge in [0.15, 0.2) is 0 Å². The second kappa shape index (κ2) is 6.91. The second-order valence-corrected chi connectivity index (χ2v) is 5.79. The monoisotopic (exact) mass is 310 g/mol. The lowest BCUT2D eigenvalue weighted by Crippen LogP contribution is -2.36. The topological polar surface area (TPSA) is 69.6 Å². The van der Waals surface area contributed by atoms with Crippen LogP contribution in [0.25, 0.3) is 0 Å². The number of benzene rings is 1. The lowest BCUT2D eigenvalue weighted by Gasteiger charge is -2.13. The predicted octanol–water partition coefficient (Wildman–Crippen LogP) is 1.55. The maximum atomic E-state index is 11.9. The fourth-order valence-corrected chi connectivity index (χ4v) is 2.87. The Morgan fingerprint density at radius 2 is 2.14 bits per heavy atom. The van der Waals surface area contributed by atoms with Gasteiger partial charge in [-0.25, -0.2) is 0 Å². The molecule has 2 atom stereocenters. The van der Waals surface area contributed by atoms with E-state index in [1.54, 1.807) is 18.0 Å². The molecule has 0 saturated carbocycles. The summed E-state index contributed by atoms with van der Waals surface area (Å²) in [5.74, 6) is -0.912. The van der Waals surface area contributed by atoms with Crippen molar-refractivity contribution in [2.45, 2.75) is 31.3 Å². The van der Waals surface area contributed by atoms with Crippen LogP contribution in [0.5, 0.6) is 0 Å². The molecule has 114 valence electrons. The summed E-state index contributed by atoms with van der Waals surface area (Å²) in [5.41, 5.74) is 0.946. The van der Waals surface area contributed by atoms with Gasteiger partial charge in [0.1, 0.15) is 6.04 Å². The molecule has 1 aliphatic rings. The van der Waals surface area contributed by atoms with Gasteiger partial charge < -0.3 is 10.4 Å². The van der Waals surface area contributed by atoms with Crippen molar-refractivity contribution in [2.75, 3.05) is 13.6 Å². The highest BCUT2D eigenvalue weighted by atomic mass is 35.5. The van der Waals surface area contributed by atoms with Gasteiger partial charge in [0, 0.05) is 24.0 Å². The molecule has 1 saturated heterocycles. The number of nitrogens with one attached hydrogen (secondary N) is 1. The fourth-order valence-electron chi connectivity index (χ4n) is 2.64. The number of carboxylic acids is 1. The summed E-state index contributed by atoms with van der Waals surface area (Å²) in [6, 6.07) is 6.83. The lowest BCUT2D eigenvalue weighted by molar-refractivity contribution is -0.141. The van der Waals surface area contributed by atoms with E-state index in [0.717, 1.165) is 5.56 Å². The molecule has 0 spiro atoms. The van der Waals surface area contributed by atoms with Gasteiger partial charge >= 0.3 is 5.97 Å². The number of aliphatic carboxylic acids is 1. The number of halogens is 1. The molecule has 1 fully saturated rings. The molecule has 2 rings (SSSR count). The molecule has 2 N–H and O–H groups in total. The van der Waals surface area contributed by atoms with Crippen molar-refractivity contribution in [3.05, 3.63) is 34.9 Å². The molecule has 0 radical (unpaired) electrons. The number of carboxylic acid groups (broad SMARTS) is 1. The standard InChI is InChI=1S/C15H19ClN2O3/c1-18-9-11(8-13(18)15(20)21)17-14(19)7-6-10-4-2-3-5-12(10)16/h2-5,11,13H,6-9H2,1H3,(H,17,19)(H,20,21)/t11-,13+/m1/s1. The Hall–Kier alpha value is -1.59. The summed E-state index contributed by atoms with van der Waals surface area (Å²) in [4.78, 5) is 24.7. The summed E-state index contributed by atoms with van der Waals surface area (Å²) in [6.07, 6.45) is 1.38. The Morgan fingerprint density at radius 1 is 1.43 bits per heavy atom. The van der Waals surface area contributed by atoms with Crippen LogP contribution >= 0.6 is 11.6 Å². The first-order chi connectivity index (χ1) is 9.97. The number of likely N-dealkylation sites (N-methyl/N-ethyl adjacent to an activating group) is 1. The first-order valence-electron chi connectivity index (χ1n) is 6.93. The third-order valence-electron chi connectivity index (χ3n) is 3.78. The van der Waals surface area contributed by atoms with Crippen LogP contribution in [0.2, 0.25) is 5.02 Å². The molecule has 0 aromatic heterocycles. The molecular formula is C15H19ClN2O3. The van der Waals surface area contributed by atoms with Gasteiger partial charge in [-0.05, 0) is 31.5 Å². The molecule has 1 heterocycles. The highest BCUT2D eigenvalue weighted by Gasteiger charge is 2.34. The molecule has 1 aliphatic heterocycles. The number of hydrogen-bond donors (Lipinski definition) is 2. The molecule has 0 unspecified atom stereocenters. The van der Waals surface area contributed by atoms with Crippen molar-refractivity contribution in [1.82, 2.24) is 10.2 Å². The zero-order valence-electron chi connectivity index (χ0n) is 11.9. The zero-order chi connectivity index (χ0) is 15.4. The summed E-state index contributed by atoms with van der Waals surface area (Å²) in [7, 11) is 1.76. The van der Waals surface area contributed by atoms with Gasteiger partial charge in [-0.3, -0.25) is 14.5 Å². The quantitative estimate of drug-likeness (QED) is 0.865. The molecule has 0 aliphatic carbocycles. The van der Waals surface area contributed by atoms with Crippen LogP contribution in [0.15, 0.2) is 24.3 Å². The molecule has 5 nitrogen and oxygen atoms in total. The minimum atomic E-state index is -0.842. The number of carbonyl (C=O) groups excluding carboxylic acids is 1. The van der Waals surface area contributed by atoms with E-state index in [1.165, 1.54) is 0 Å². The molecule has 1 amide bonds. The Labute approximate surface area is 128 Å². The van der Waals surface area contributed by atoms with Crippen LogP contribution in [-0.2, 0) is 16.0 Å². The third-order valence-corrected chi connectivity index (χ3v) is 4.15. The van der Waals surface area contributed by atoms with Crippen LogP contribution in [-0.4, -0.2) is 47.6 Å². The summed E-state index contributed by atoms with van der Waals surface area (Å²) >= 11 is 6.05. The van der Waals surface area contributed by atoms with Crippen LogP contribution < -0.4 is 5.32 Å². The molecule has 21 heavy (non-hydrogen) atoms. The van der Waals surface area contributed by atoms with Crippen molar-refractivity contribution >= 4 is 23.5 Å². The van der Waals surface area contributed by atoms with E-state index in [-0.39, 0.29) is 11.9 Å². The van der Waals surface area contributed by atoms with Gasteiger partial charge in [-0.1, -0.05) is 29.8 Å². The van der Waals surface area contributed by atoms with Crippen LogP contribution in [0, 0.1) is 0 Å². The SMILES string of the molecule is CN1C[C@H](NC(=O)CCc2ccccc2Cl)C[C@H]1C(=O)O. The van der Waals surface area contributed by atoms with Crippen LogP contribution in [0.1, 0.15) is 18.4 Å². The largest absolute Gasteiger partial charge is 0.480 e. The highest BCUT2D eigenvalue weighted by Crippen LogP contribution is 2.18. The number of amides is 1. The number of aryl methyl sites for hydroxylation is 1. The third kappa shape index (κ3) is 4.19. The predicted molar refractivity (Wildman–Crippen MR) is 80.4 cm³/mol. The highest BCUT2D eigenvalue weighted by molar-refractivity contribution is 6.31. The number of rotatable bonds is 5. The molecule has 6 heteroatoms. The Bertz CT molecular complexity index is 535. The van der Waals surface area contributed by atoms with Crippen molar-refractivity contribution in [3.63, 3.8) is 0 Å². The van der Waals surface area contributed by atoms with Gasteiger partial charge in [0.2, 0.25) is 5.91 Å². The average molecular weight is 311 g/mol. The number of nitrogens with zero attached hydrogens (tertiary/aromatic N) is 1. The Kier molecular flexibility index (Phi) is 5.20. The van der Waals surface area contributed by atoms with E-state index in [4.69, 9.17) is 16.7 Å². The van der Waals surface area contributed by atoms with Crippen LogP contribution in [0.4, 0.5) is 0 Å². The van der Waals surface area contributed by atoms with E-state index < -0.39 is 12.0 Å². The van der Waals surface area contributed by atoms with Crippen molar-refractivity contribution in [1.29, 1.82) is 0 Å². The lowest BCUT2D eigenvalue weighted by atomic mass is 10.1. The summed E-state index contributed by atoms with van der Waals surface area (Å²) < 4.78 is 0. The molecular weight excluding hydrogens is 292 g/mol. The smallest absolute Gasteiger partial charge is 0.320 e. The van der Waals surface area contributed by atoms with Gasteiger partial charge in [-0.15, -0.1) is 0 Å². The normalized spacial score (nSPS) is 22.2. The number of carbonyl (C=O) groups is 2. The summed E-state index contributed by atoms with van der Waals surface area (Å²) in [6.45, 7) is 0.564. The first-order valence-corrected chi connectivity index (χ1v) is 7.31. The van der Waals surface area contributed by atoms with E-state index in [9.17, 15) is 9.59 Å². The Morgan fingerprint density at radius 3 is 2.76 bits per heavy atom. The van der Waals surface area contributed by atoms with Crippen molar-refractivity contribution in [3.8, 4) is 0 Å². The first kappa shape index (κ1) is 15.8. The second-order valence-electron chi connectivity index (χ2n) is 5.39. The number of hydrogen-bond acceptors (Lipinski definition) is 3. The number of likely N-dealkylation sites (tertiary alicyclic amines) is 1. The molecule has 1 aromatic carbocycles. The van der Waals surface area contributed by atoms with Crippen molar-refractivity contribution in [2.24, 2.45) is 0 Å². The van der Waals surface area contributed by atoms with Crippen molar-refractivity contribution < 1.29 is 14.7 Å². The fraction of sp³-hybridized carbons (Fsp3) is 0.467. The zero-order valence-corrected chi connectivity index (χ0v) is 12.6. The minimum Gasteiger partial charge on any atom is -0.480 e. The summed E-state index contributed by atoms with van der Waals surface area (Å²) in [5, 5.41) is 12.6. The van der Waals surface area contributed by atoms with Gasteiger partial charge in [0.05, 0.1) is 0 Å². The molecule has 1 aromatic rings. The van der Waals surface area contributed by atoms with E-state index >= 15 is 0 Å². The minimum absolute atomic E-state index is 0.0700. The van der Waals surface area contributed by atoms with Gasteiger partial charge in [0.25, 0.3) is 0 Å². The Balaban J connectivity index is 1.81.